The molecule has 0 aliphatic carbocycles. The first-order valence-electron chi connectivity index (χ1n) is 12.0. The Balaban J connectivity index is 1.70. The predicted octanol–water partition coefficient (Wildman–Crippen LogP) is 5.26. The zero-order chi connectivity index (χ0) is 25.8. The van der Waals surface area contributed by atoms with Crippen molar-refractivity contribution in [1.29, 1.82) is 0 Å². The minimum Gasteiger partial charge on any atom is -0.493 e. The number of methoxy groups -OCH3 is 2. The lowest BCUT2D eigenvalue weighted by atomic mass is 9.83. The van der Waals surface area contributed by atoms with Crippen molar-refractivity contribution < 1.29 is 23.5 Å². The lowest BCUT2D eigenvalue weighted by Crippen LogP contribution is -2.48. The van der Waals surface area contributed by atoms with Gasteiger partial charge in [0.1, 0.15) is 5.82 Å². The van der Waals surface area contributed by atoms with Crippen LogP contribution in [-0.4, -0.2) is 26.0 Å². The fourth-order valence-corrected chi connectivity index (χ4v) is 4.66. The van der Waals surface area contributed by atoms with E-state index in [0.717, 1.165) is 16.8 Å². The van der Waals surface area contributed by atoms with E-state index in [9.17, 15) is 14.0 Å². The Labute approximate surface area is 211 Å². The quantitative estimate of drug-likeness (QED) is 0.491. The number of ether oxygens (including phenoxy) is 2. The molecule has 1 aliphatic heterocycles. The lowest BCUT2D eigenvalue weighted by Gasteiger charge is -2.41. The molecule has 2 atom stereocenters. The Kier molecular flexibility index (Phi) is 7.58. The summed E-state index contributed by atoms with van der Waals surface area (Å²) in [7, 11) is 3.11. The highest BCUT2D eigenvalue weighted by Gasteiger charge is 2.41. The second-order valence-corrected chi connectivity index (χ2v) is 9.11. The molecule has 0 radical (unpaired) electrons. The van der Waals surface area contributed by atoms with Gasteiger partial charge >= 0.3 is 0 Å². The number of piperidine rings is 1. The molecule has 6 nitrogen and oxygen atoms in total. The van der Waals surface area contributed by atoms with E-state index < -0.39 is 12.0 Å². The van der Waals surface area contributed by atoms with Gasteiger partial charge in [-0.3, -0.25) is 9.59 Å². The Bertz CT molecular complexity index is 1260. The van der Waals surface area contributed by atoms with Crippen LogP contribution >= 0.6 is 0 Å². The molecular weight excluding hydrogens is 459 g/mol. The molecule has 7 heteroatoms. The smallest absolute Gasteiger partial charge is 0.227 e. The van der Waals surface area contributed by atoms with E-state index in [2.05, 4.69) is 5.32 Å². The normalized spacial score (nSPS) is 17.6. The van der Waals surface area contributed by atoms with Gasteiger partial charge < -0.3 is 19.7 Å². The van der Waals surface area contributed by atoms with Crippen LogP contribution < -0.4 is 19.7 Å². The number of rotatable bonds is 7. The number of amides is 2. The second kappa shape index (κ2) is 10.8. The number of carbonyl (C=O) groups is 2. The Hall–Kier alpha value is -3.87. The molecule has 2 unspecified atom stereocenters. The fourth-order valence-electron chi connectivity index (χ4n) is 4.66. The summed E-state index contributed by atoms with van der Waals surface area (Å²) in [5.74, 6) is 0.0127. The van der Waals surface area contributed by atoms with E-state index in [4.69, 9.17) is 9.47 Å². The number of benzene rings is 3. The summed E-state index contributed by atoms with van der Waals surface area (Å²) in [6.45, 7) is 3.88. The minimum atomic E-state index is -0.552. The van der Waals surface area contributed by atoms with Crippen molar-refractivity contribution in [2.45, 2.75) is 39.3 Å². The molecule has 1 saturated heterocycles. The van der Waals surface area contributed by atoms with E-state index in [0.29, 0.717) is 29.0 Å². The molecule has 0 saturated carbocycles. The van der Waals surface area contributed by atoms with Gasteiger partial charge in [-0.05, 0) is 67.3 Å². The van der Waals surface area contributed by atoms with Crippen LogP contribution in [0.25, 0.3) is 0 Å². The summed E-state index contributed by atoms with van der Waals surface area (Å²) < 4.78 is 24.9. The molecule has 1 fully saturated rings. The van der Waals surface area contributed by atoms with Gasteiger partial charge in [-0.25, -0.2) is 4.39 Å². The molecule has 2 amide bonds. The Morgan fingerprint density at radius 2 is 1.72 bits per heavy atom. The van der Waals surface area contributed by atoms with Crippen LogP contribution in [0.4, 0.5) is 10.1 Å². The van der Waals surface area contributed by atoms with Gasteiger partial charge in [-0.1, -0.05) is 35.9 Å². The standard InChI is InChI=1S/C29H31FN2O4/c1-18-5-10-22(11-6-18)32-27(33)14-12-23(28(32)21-9-13-25(35-3)26(16-21)36-4)29(34)31-17-20-8-7-19(2)24(30)15-20/h5-11,13,15-16,23,28H,12,14,17H2,1-4H3,(H,31,34). The molecule has 3 aromatic rings. The lowest BCUT2D eigenvalue weighted by molar-refractivity contribution is -0.129. The van der Waals surface area contributed by atoms with Crippen LogP contribution in [0.2, 0.25) is 0 Å². The van der Waals surface area contributed by atoms with Gasteiger partial charge in [-0.2, -0.15) is 0 Å². The van der Waals surface area contributed by atoms with Crippen LogP contribution in [-0.2, 0) is 16.1 Å². The first-order valence-corrected chi connectivity index (χ1v) is 12.0. The maximum Gasteiger partial charge on any atom is 0.227 e. The van der Waals surface area contributed by atoms with E-state index in [-0.39, 0.29) is 30.6 Å². The van der Waals surface area contributed by atoms with Crippen molar-refractivity contribution in [1.82, 2.24) is 5.32 Å². The van der Waals surface area contributed by atoms with Gasteiger partial charge in [0.15, 0.2) is 11.5 Å². The summed E-state index contributed by atoms with van der Waals surface area (Å²) >= 11 is 0. The summed E-state index contributed by atoms with van der Waals surface area (Å²) in [5, 5.41) is 2.96. The monoisotopic (exact) mass is 490 g/mol. The molecule has 1 N–H and O–H groups in total. The Morgan fingerprint density at radius 3 is 2.39 bits per heavy atom. The van der Waals surface area contributed by atoms with Crippen molar-refractivity contribution >= 4 is 17.5 Å². The highest BCUT2D eigenvalue weighted by atomic mass is 19.1. The minimum absolute atomic E-state index is 0.0525. The first-order chi connectivity index (χ1) is 17.3. The predicted molar refractivity (Wildman–Crippen MR) is 137 cm³/mol. The zero-order valence-corrected chi connectivity index (χ0v) is 21.0. The van der Waals surface area contributed by atoms with E-state index in [1.165, 1.54) is 6.07 Å². The van der Waals surface area contributed by atoms with E-state index >= 15 is 0 Å². The first kappa shape index (κ1) is 25.2. The van der Waals surface area contributed by atoms with Gasteiger partial charge in [0, 0.05) is 18.7 Å². The number of hydrogen-bond donors (Lipinski definition) is 1. The zero-order valence-electron chi connectivity index (χ0n) is 21.0. The average Bonchev–Trinajstić information content (AvgIpc) is 2.89. The third kappa shape index (κ3) is 5.20. The van der Waals surface area contributed by atoms with E-state index in [1.807, 2.05) is 43.3 Å². The largest absolute Gasteiger partial charge is 0.493 e. The average molecular weight is 491 g/mol. The fraction of sp³-hybridized carbons (Fsp3) is 0.310. The third-order valence-corrected chi connectivity index (χ3v) is 6.70. The van der Waals surface area contributed by atoms with Crippen molar-refractivity contribution in [3.63, 3.8) is 0 Å². The highest BCUT2D eigenvalue weighted by Crippen LogP contribution is 2.42. The highest BCUT2D eigenvalue weighted by molar-refractivity contribution is 5.97. The number of nitrogens with zero attached hydrogens (tertiary/aromatic N) is 1. The summed E-state index contributed by atoms with van der Waals surface area (Å²) in [6.07, 6.45) is 0.642. The molecular formula is C29H31FN2O4. The summed E-state index contributed by atoms with van der Waals surface area (Å²) in [6, 6.07) is 17.5. The number of nitrogens with one attached hydrogen (secondary N) is 1. The molecule has 188 valence electrons. The van der Waals surface area contributed by atoms with Crippen LogP contribution in [0.1, 0.15) is 41.1 Å². The number of carbonyl (C=O) groups excluding carboxylic acids is 2. The van der Waals surface area contributed by atoms with Gasteiger partial charge in [0.05, 0.1) is 26.2 Å². The summed E-state index contributed by atoms with van der Waals surface area (Å²) in [5.41, 5.74) is 3.80. The number of anilines is 1. The molecule has 4 rings (SSSR count). The molecule has 3 aromatic carbocycles. The van der Waals surface area contributed by atoms with Crippen LogP contribution in [0.3, 0.4) is 0 Å². The summed E-state index contributed by atoms with van der Waals surface area (Å²) in [4.78, 5) is 28.5. The Morgan fingerprint density at radius 1 is 1.00 bits per heavy atom. The van der Waals surface area contributed by atoms with Crippen molar-refractivity contribution in [3.8, 4) is 11.5 Å². The number of aryl methyl sites for hydroxylation is 2. The van der Waals surface area contributed by atoms with Crippen molar-refractivity contribution in [3.05, 3.63) is 88.7 Å². The molecule has 0 spiro atoms. The SMILES string of the molecule is COc1ccc(C2C(C(=O)NCc3ccc(C)c(F)c3)CCC(=O)N2c2ccc(C)cc2)cc1OC. The maximum atomic E-state index is 14.0. The van der Waals surface area contributed by atoms with E-state index in [1.54, 1.807) is 44.2 Å². The number of halogens is 1. The molecule has 0 bridgehead atoms. The second-order valence-electron chi connectivity index (χ2n) is 9.11. The number of hydrogen-bond acceptors (Lipinski definition) is 4. The topological polar surface area (TPSA) is 67.9 Å². The van der Waals surface area contributed by atoms with Crippen LogP contribution in [0.15, 0.2) is 60.7 Å². The van der Waals surface area contributed by atoms with Crippen molar-refractivity contribution in [2.24, 2.45) is 5.92 Å². The molecule has 1 aliphatic rings. The van der Waals surface area contributed by atoms with Crippen molar-refractivity contribution in [2.75, 3.05) is 19.1 Å². The maximum absolute atomic E-state index is 14.0. The molecule has 1 heterocycles. The van der Waals surface area contributed by atoms with Gasteiger partial charge in [0.2, 0.25) is 11.8 Å². The van der Waals surface area contributed by atoms with Gasteiger partial charge in [-0.15, -0.1) is 0 Å². The van der Waals surface area contributed by atoms with Crippen LogP contribution in [0, 0.1) is 25.6 Å². The van der Waals surface area contributed by atoms with Crippen LogP contribution in [0.5, 0.6) is 11.5 Å². The molecule has 36 heavy (non-hydrogen) atoms. The molecule has 0 aromatic heterocycles. The van der Waals surface area contributed by atoms with Gasteiger partial charge in [0.25, 0.3) is 0 Å². The third-order valence-electron chi connectivity index (χ3n) is 6.70.